The van der Waals surface area contributed by atoms with Crippen molar-refractivity contribution in [3.05, 3.63) is 30.1 Å². The summed E-state index contributed by atoms with van der Waals surface area (Å²) in [7, 11) is 0. The second-order valence-electron chi connectivity index (χ2n) is 2.82. The Morgan fingerprint density at radius 3 is 2.71 bits per heavy atom. The van der Waals surface area contributed by atoms with E-state index in [0.717, 1.165) is 17.3 Å². The average molecular weight is 254 g/mol. The molecule has 1 unspecified atom stereocenters. The number of carbonyl (C=O) groups excluding carboxylic acids is 1. The summed E-state index contributed by atoms with van der Waals surface area (Å²) in [6.07, 6.45) is 2.89. The van der Waals surface area contributed by atoms with Crippen LogP contribution in [-0.2, 0) is 4.79 Å². The SMILES string of the molecule is NN=CSC(NC(=O)c1ccncc1)C(=O)O. The molecule has 1 heterocycles. The molecule has 0 aliphatic heterocycles. The maximum atomic E-state index is 11.6. The first-order valence-corrected chi connectivity index (χ1v) is 5.40. The highest BCUT2D eigenvalue weighted by Crippen LogP contribution is 2.06. The van der Waals surface area contributed by atoms with E-state index in [2.05, 4.69) is 15.4 Å². The van der Waals surface area contributed by atoms with Crippen molar-refractivity contribution in [3.8, 4) is 0 Å². The largest absolute Gasteiger partial charge is 0.479 e. The van der Waals surface area contributed by atoms with E-state index in [9.17, 15) is 9.59 Å². The predicted octanol–water partition coefficient (Wildman–Crippen LogP) is -0.143. The van der Waals surface area contributed by atoms with Crippen LogP contribution in [0.15, 0.2) is 29.6 Å². The fraction of sp³-hybridized carbons (Fsp3) is 0.111. The lowest BCUT2D eigenvalue weighted by atomic mass is 10.2. The smallest absolute Gasteiger partial charge is 0.337 e. The maximum Gasteiger partial charge on any atom is 0.337 e. The molecule has 1 rings (SSSR count). The molecule has 4 N–H and O–H groups in total. The lowest BCUT2D eigenvalue weighted by Gasteiger charge is -2.11. The third-order valence-corrected chi connectivity index (χ3v) is 2.52. The summed E-state index contributed by atoms with van der Waals surface area (Å²) in [5, 5.41) is 13.2. The Hall–Kier alpha value is -2.09. The molecule has 1 atom stereocenters. The maximum absolute atomic E-state index is 11.6. The number of rotatable bonds is 5. The van der Waals surface area contributed by atoms with Gasteiger partial charge in [0.1, 0.15) is 0 Å². The van der Waals surface area contributed by atoms with E-state index in [1.54, 1.807) is 0 Å². The first kappa shape index (κ1) is 13.0. The molecule has 0 saturated heterocycles. The Morgan fingerprint density at radius 1 is 1.53 bits per heavy atom. The molecule has 1 amide bonds. The number of amides is 1. The summed E-state index contributed by atoms with van der Waals surface area (Å²) >= 11 is 0.789. The average Bonchev–Trinajstić information content (AvgIpc) is 2.35. The number of aromatic nitrogens is 1. The Kier molecular flexibility index (Phi) is 4.95. The predicted molar refractivity (Wildman–Crippen MR) is 63.4 cm³/mol. The molecule has 0 saturated carbocycles. The first-order chi connectivity index (χ1) is 8.15. The highest BCUT2D eigenvalue weighted by molar-refractivity contribution is 8.13. The number of pyridine rings is 1. The zero-order valence-corrected chi connectivity index (χ0v) is 9.42. The summed E-state index contributed by atoms with van der Waals surface area (Å²) in [5.74, 6) is 3.17. The number of aliphatic carboxylic acids is 1. The number of nitrogens with zero attached hydrogens (tertiary/aromatic N) is 2. The van der Waals surface area contributed by atoms with Crippen LogP contribution in [0.1, 0.15) is 10.4 Å². The molecule has 1 aromatic heterocycles. The number of hydrogen-bond acceptors (Lipinski definition) is 6. The van der Waals surface area contributed by atoms with Gasteiger partial charge in [-0.3, -0.25) is 9.78 Å². The van der Waals surface area contributed by atoms with Gasteiger partial charge in [-0.25, -0.2) is 4.79 Å². The van der Waals surface area contributed by atoms with Gasteiger partial charge in [-0.05, 0) is 12.1 Å². The molecule has 0 fully saturated rings. The Balaban J connectivity index is 2.68. The number of thioether (sulfide) groups is 1. The minimum absolute atomic E-state index is 0.330. The van der Waals surface area contributed by atoms with Crippen LogP contribution < -0.4 is 11.2 Å². The number of nitrogens with two attached hydrogens (primary N) is 1. The molecule has 0 bridgehead atoms. The summed E-state index contributed by atoms with van der Waals surface area (Å²) < 4.78 is 0. The number of hydrogen-bond donors (Lipinski definition) is 3. The van der Waals surface area contributed by atoms with E-state index in [1.165, 1.54) is 24.5 Å². The van der Waals surface area contributed by atoms with Crippen molar-refractivity contribution in [3.63, 3.8) is 0 Å². The lowest BCUT2D eigenvalue weighted by Crippen LogP contribution is -2.38. The number of carboxylic acids is 1. The van der Waals surface area contributed by atoms with E-state index in [4.69, 9.17) is 10.9 Å². The van der Waals surface area contributed by atoms with Gasteiger partial charge in [0.25, 0.3) is 5.91 Å². The van der Waals surface area contributed by atoms with Crippen LogP contribution in [0.25, 0.3) is 0 Å². The zero-order valence-electron chi connectivity index (χ0n) is 8.61. The fourth-order valence-electron chi connectivity index (χ4n) is 0.956. The Bertz CT molecular complexity index is 424. The van der Waals surface area contributed by atoms with Gasteiger partial charge in [0, 0.05) is 18.0 Å². The van der Waals surface area contributed by atoms with Gasteiger partial charge in [0.2, 0.25) is 0 Å². The second-order valence-corrected chi connectivity index (χ2v) is 3.77. The quantitative estimate of drug-likeness (QED) is 0.221. The van der Waals surface area contributed by atoms with Gasteiger partial charge in [-0.1, -0.05) is 11.8 Å². The number of carbonyl (C=O) groups is 2. The van der Waals surface area contributed by atoms with Crippen LogP contribution >= 0.6 is 11.8 Å². The van der Waals surface area contributed by atoms with Gasteiger partial charge >= 0.3 is 5.97 Å². The Morgan fingerprint density at radius 2 is 2.18 bits per heavy atom. The highest BCUT2D eigenvalue weighted by atomic mass is 32.2. The molecule has 8 heteroatoms. The fourth-order valence-corrected chi connectivity index (χ4v) is 1.44. The summed E-state index contributed by atoms with van der Waals surface area (Å²) in [5.41, 5.74) is 1.47. The van der Waals surface area contributed by atoms with Crippen molar-refractivity contribution in [1.82, 2.24) is 10.3 Å². The summed E-state index contributed by atoms with van der Waals surface area (Å²) in [4.78, 5) is 26.2. The molecule has 1 aromatic rings. The van der Waals surface area contributed by atoms with Gasteiger partial charge in [-0.15, -0.1) is 0 Å². The zero-order chi connectivity index (χ0) is 12.7. The molecule has 90 valence electrons. The van der Waals surface area contributed by atoms with E-state index < -0.39 is 17.3 Å². The molecular weight excluding hydrogens is 244 g/mol. The highest BCUT2D eigenvalue weighted by Gasteiger charge is 2.20. The summed E-state index contributed by atoms with van der Waals surface area (Å²) in [6, 6.07) is 2.96. The number of carboxylic acid groups (broad SMARTS) is 1. The van der Waals surface area contributed by atoms with Gasteiger partial charge < -0.3 is 16.3 Å². The van der Waals surface area contributed by atoms with Crippen molar-refractivity contribution in [2.45, 2.75) is 5.37 Å². The molecule has 7 nitrogen and oxygen atoms in total. The number of nitrogens with one attached hydrogen (secondary N) is 1. The van der Waals surface area contributed by atoms with Crippen LogP contribution in [0.3, 0.4) is 0 Å². The van der Waals surface area contributed by atoms with Gasteiger partial charge in [-0.2, -0.15) is 5.10 Å². The molecule has 0 spiro atoms. The van der Waals surface area contributed by atoms with E-state index in [-0.39, 0.29) is 0 Å². The van der Waals surface area contributed by atoms with Crippen molar-refractivity contribution >= 4 is 29.2 Å². The van der Waals surface area contributed by atoms with Crippen LogP contribution in [0.5, 0.6) is 0 Å². The third kappa shape index (κ3) is 4.11. The van der Waals surface area contributed by atoms with Crippen molar-refractivity contribution in [2.75, 3.05) is 0 Å². The standard InChI is InChI=1S/C9H10N4O3S/c10-12-5-17-8(9(15)16)13-7(14)6-1-3-11-4-2-6/h1-5,8H,10H2,(H,13,14)(H,15,16). The van der Waals surface area contributed by atoms with Crippen LogP contribution in [0.4, 0.5) is 0 Å². The van der Waals surface area contributed by atoms with E-state index >= 15 is 0 Å². The third-order valence-electron chi connectivity index (χ3n) is 1.69. The molecule has 17 heavy (non-hydrogen) atoms. The van der Waals surface area contributed by atoms with Gasteiger partial charge in [0.05, 0.1) is 5.55 Å². The van der Waals surface area contributed by atoms with Crippen molar-refractivity contribution < 1.29 is 14.7 Å². The molecule has 0 radical (unpaired) electrons. The van der Waals surface area contributed by atoms with Crippen LogP contribution in [0.2, 0.25) is 0 Å². The normalized spacial score (nSPS) is 12.2. The van der Waals surface area contributed by atoms with Crippen molar-refractivity contribution in [1.29, 1.82) is 0 Å². The monoisotopic (exact) mass is 254 g/mol. The molecular formula is C9H10N4O3S. The minimum Gasteiger partial charge on any atom is -0.479 e. The topological polar surface area (TPSA) is 118 Å². The minimum atomic E-state index is -1.18. The van der Waals surface area contributed by atoms with E-state index in [1.807, 2.05) is 0 Å². The Labute approximate surface area is 101 Å². The van der Waals surface area contributed by atoms with Crippen LogP contribution in [0, 0.1) is 0 Å². The molecule has 0 aliphatic carbocycles. The van der Waals surface area contributed by atoms with Gasteiger partial charge in [0.15, 0.2) is 5.37 Å². The van der Waals surface area contributed by atoms with Crippen LogP contribution in [-0.4, -0.2) is 32.9 Å². The second kappa shape index (κ2) is 6.48. The van der Waals surface area contributed by atoms with E-state index in [0.29, 0.717) is 5.56 Å². The van der Waals surface area contributed by atoms with Crippen molar-refractivity contribution in [2.24, 2.45) is 10.9 Å². The lowest BCUT2D eigenvalue weighted by molar-refractivity contribution is -0.136. The summed E-state index contributed by atoms with van der Waals surface area (Å²) in [6.45, 7) is 0. The molecule has 0 aromatic carbocycles. The molecule has 0 aliphatic rings. The number of hydrazone groups is 1. The first-order valence-electron chi connectivity index (χ1n) is 4.46.